The molecular weight excluding hydrogens is 204 g/mol. The Morgan fingerprint density at radius 3 is 2.93 bits per heavy atom. The number of carboxylic acids is 1. The number of carbonyl (C=O) groups is 1. The zero-order valence-corrected chi connectivity index (χ0v) is 8.87. The number of hydrogen-bond acceptors (Lipinski definition) is 5. The van der Waals surface area contributed by atoms with Crippen LogP contribution in [0.5, 0.6) is 0 Å². The summed E-state index contributed by atoms with van der Waals surface area (Å²) in [6, 6.07) is 0. The molecule has 0 unspecified atom stereocenters. The van der Waals surface area contributed by atoms with E-state index in [1.165, 1.54) is 0 Å². The Morgan fingerprint density at radius 1 is 1.64 bits per heavy atom. The molecule has 0 aliphatic rings. The zero-order valence-electron chi connectivity index (χ0n) is 8.06. The molecule has 6 heteroatoms. The van der Waals surface area contributed by atoms with Gasteiger partial charge in [0.15, 0.2) is 5.82 Å². The Bertz CT molecular complexity index is 311. The van der Waals surface area contributed by atoms with E-state index in [1.54, 1.807) is 11.8 Å². The van der Waals surface area contributed by atoms with Crippen molar-refractivity contribution in [2.75, 3.05) is 0 Å². The monoisotopic (exact) mass is 216 g/mol. The maximum atomic E-state index is 10.3. The highest BCUT2D eigenvalue weighted by molar-refractivity contribution is 7.99. The van der Waals surface area contributed by atoms with Crippen LogP contribution in [-0.2, 0) is 17.0 Å². The van der Waals surface area contributed by atoms with Gasteiger partial charge in [-0.25, -0.2) is 0 Å². The van der Waals surface area contributed by atoms with E-state index in [4.69, 9.17) is 9.63 Å². The van der Waals surface area contributed by atoms with Crippen molar-refractivity contribution in [3.63, 3.8) is 0 Å². The van der Waals surface area contributed by atoms with E-state index >= 15 is 0 Å². The molecule has 0 bridgehead atoms. The second-order valence-electron chi connectivity index (χ2n) is 3.03. The molecule has 14 heavy (non-hydrogen) atoms. The quantitative estimate of drug-likeness (QED) is 0.800. The topological polar surface area (TPSA) is 76.2 Å². The van der Waals surface area contributed by atoms with Crippen molar-refractivity contribution in [3.8, 4) is 0 Å². The Labute approximate surface area is 85.9 Å². The lowest BCUT2D eigenvalue weighted by atomic mass is 10.4. The van der Waals surface area contributed by atoms with Crippen molar-refractivity contribution in [2.24, 2.45) is 0 Å². The fraction of sp³-hybridized carbons (Fsp3) is 0.625. The molecule has 0 saturated heterocycles. The minimum Gasteiger partial charge on any atom is -0.481 e. The Hall–Kier alpha value is -1.04. The van der Waals surface area contributed by atoms with Crippen molar-refractivity contribution in [1.82, 2.24) is 10.1 Å². The molecule has 0 aliphatic heterocycles. The summed E-state index contributed by atoms with van der Waals surface area (Å²) in [6.45, 7) is 4.14. The Morgan fingerprint density at radius 2 is 2.36 bits per heavy atom. The van der Waals surface area contributed by atoms with Gasteiger partial charge in [0.2, 0.25) is 5.89 Å². The molecule has 1 rings (SSSR count). The van der Waals surface area contributed by atoms with E-state index < -0.39 is 5.97 Å². The maximum absolute atomic E-state index is 10.3. The minimum atomic E-state index is -0.961. The van der Waals surface area contributed by atoms with Crippen LogP contribution in [0.1, 0.15) is 25.6 Å². The van der Waals surface area contributed by atoms with E-state index in [0.29, 0.717) is 16.8 Å². The van der Waals surface area contributed by atoms with Gasteiger partial charge in [0.25, 0.3) is 0 Å². The van der Waals surface area contributed by atoms with Gasteiger partial charge < -0.3 is 9.63 Å². The third-order valence-corrected chi connectivity index (χ3v) is 2.45. The molecule has 0 amide bonds. The fourth-order valence-corrected chi connectivity index (χ4v) is 1.39. The zero-order chi connectivity index (χ0) is 10.6. The molecule has 1 N–H and O–H groups in total. The predicted molar refractivity (Wildman–Crippen MR) is 52.1 cm³/mol. The summed E-state index contributed by atoms with van der Waals surface area (Å²) in [5.74, 6) is 0.411. The minimum absolute atomic E-state index is 0.164. The third-order valence-electron chi connectivity index (χ3n) is 1.36. The van der Waals surface area contributed by atoms with Gasteiger partial charge in [-0.15, -0.1) is 0 Å². The lowest BCUT2D eigenvalue weighted by Crippen LogP contribution is -2.00. The van der Waals surface area contributed by atoms with Crippen LogP contribution in [-0.4, -0.2) is 26.5 Å². The lowest BCUT2D eigenvalue weighted by Gasteiger charge is -1.98. The summed E-state index contributed by atoms with van der Waals surface area (Å²) in [6.07, 6.45) is -0.209. The second kappa shape index (κ2) is 4.99. The summed E-state index contributed by atoms with van der Waals surface area (Å²) < 4.78 is 4.75. The first kappa shape index (κ1) is 11.0. The highest BCUT2D eigenvalue weighted by Crippen LogP contribution is 2.14. The molecule has 1 aromatic rings. The highest BCUT2D eigenvalue weighted by Gasteiger charge is 2.10. The highest BCUT2D eigenvalue weighted by atomic mass is 32.2. The number of aromatic nitrogens is 2. The van der Waals surface area contributed by atoms with Crippen molar-refractivity contribution in [1.29, 1.82) is 0 Å². The SMILES string of the molecule is CC(C)SCc1noc(CC(=O)O)n1. The van der Waals surface area contributed by atoms with E-state index in [-0.39, 0.29) is 12.3 Å². The predicted octanol–water partition coefficient (Wildman–Crippen LogP) is 1.34. The first-order valence-electron chi connectivity index (χ1n) is 4.22. The molecule has 78 valence electrons. The van der Waals surface area contributed by atoms with E-state index in [1.807, 2.05) is 0 Å². The lowest BCUT2D eigenvalue weighted by molar-refractivity contribution is -0.136. The summed E-state index contributed by atoms with van der Waals surface area (Å²) >= 11 is 1.68. The normalized spacial score (nSPS) is 10.8. The van der Waals surface area contributed by atoms with Crippen molar-refractivity contribution in [3.05, 3.63) is 11.7 Å². The average molecular weight is 216 g/mol. The summed E-state index contributed by atoms with van der Waals surface area (Å²) in [5, 5.41) is 12.6. The molecule has 0 spiro atoms. The van der Waals surface area contributed by atoms with Crippen molar-refractivity contribution < 1.29 is 14.4 Å². The molecule has 0 fully saturated rings. The molecule has 1 aromatic heterocycles. The van der Waals surface area contributed by atoms with Gasteiger partial charge in [-0.3, -0.25) is 4.79 Å². The molecule has 0 radical (unpaired) electrons. The van der Waals surface area contributed by atoms with E-state index in [2.05, 4.69) is 24.0 Å². The van der Waals surface area contributed by atoms with Gasteiger partial charge in [-0.05, 0) is 5.25 Å². The van der Waals surface area contributed by atoms with Gasteiger partial charge in [0.05, 0.1) is 5.75 Å². The molecule has 0 aliphatic carbocycles. The van der Waals surface area contributed by atoms with Crippen LogP contribution >= 0.6 is 11.8 Å². The molecule has 5 nitrogen and oxygen atoms in total. The van der Waals surface area contributed by atoms with Crippen LogP contribution in [0.25, 0.3) is 0 Å². The Balaban J connectivity index is 2.46. The average Bonchev–Trinajstić information content (AvgIpc) is 2.47. The number of carboxylic acid groups (broad SMARTS) is 1. The summed E-state index contributed by atoms with van der Waals surface area (Å²) in [4.78, 5) is 14.3. The van der Waals surface area contributed by atoms with Gasteiger partial charge in [0.1, 0.15) is 6.42 Å². The Kier molecular flexibility index (Phi) is 3.94. The summed E-state index contributed by atoms with van der Waals surface area (Å²) in [5.41, 5.74) is 0. The standard InChI is InChI=1S/C8H12N2O3S/c1-5(2)14-4-6-9-7(13-10-6)3-8(11)12/h5H,3-4H2,1-2H3,(H,11,12). The third kappa shape index (κ3) is 3.78. The molecule has 0 saturated carbocycles. The second-order valence-corrected chi connectivity index (χ2v) is 4.60. The first-order chi connectivity index (χ1) is 6.58. The van der Waals surface area contributed by atoms with Crippen LogP contribution in [0.3, 0.4) is 0 Å². The number of thioether (sulfide) groups is 1. The van der Waals surface area contributed by atoms with Crippen LogP contribution in [0.4, 0.5) is 0 Å². The van der Waals surface area contributed by atoms with Crippen LogP contribution in [0.2, 0.25) is 0 Å². The van der Waals surface area contributed by atoms with Gasteiger partial charge in [0, 0.05) is 0 Å². The van der Waals surface area contributed by atoms with Gasteiger partial charge in [-0.1, -0.05) is 19.0 Å². The van der Waals surface area contributed by atoms with Gasteiger partial charge in [-0.2, -0.15) is 16.7 Å². The van der Waals surface area contributed by atoms with E-state index in [0.717, 1.165) is 0 Å². The molecule has 0 aromatic carbocycles. The van der Waals surface area contributed by atoms with Crippen LogP contribution in [0, 0.1) is 0 Å². The van der Waals surface area contributed by atoms with Crippen LogP contribution < -0.4 is 0 Å². The van der Waals surface area contributed by atoms with Crippen molar-refractivity contribution in [2.45, 2.75) is 31.3 Å². The van der Waals surface area contributed by atoms with E-state index in [9.17, 15) is 4.79 Å². The number of rotatable bonds is 5. The number of nitrogens with zero attached hydrogens (tertiary/aromatic N) is 2. The molecular formula is C8H12N2O3S. The number of aliphatic carboxylic acids is 1. The first-order valence-corrected chi connectivity index (χ1v) is 5.27. The maximum Gasteiger partial charge on any atom is 0.312 e. The smallest absolute Gasteiger partial charge is 0.312 e. The number of hydrogen-bond donors (Lipinski definition) is 1. The largest absolute Gasteiger partial charge is 0.481 e. The molecule has 0 atom stereocenters. The van der Waals surface area contributed by atoms with Crippen LogP contribution in [0.15, 0.2) is 4.52 Å². The fourth-order valence-electron chi connectivity index (χ4n) is 0.791. The summed E-state index contributed by atoms with van der Waals surface area (Å²) in [7, 11) is 0. The van der Waals surface area contributed by atoms with Gasteiger partial charge >= 0.3 is 5.97 Å². The van der Waals surface area contributed by atoms with Crippen molar-refractivity contribution >= 4 is 17.7 Å². The molecule has 1 heterocycles.